The predicted molar refractivity (Wildman–Crippen MR) is 185 cm³/mol. The van der Waals surface area contributed by atoms with E-state index in [2.05, 4.69) is 40.0 Å². The third-order valence-corrected chi connectivity index (χ3v) is 11.9. The van der Waals surface area contributed by atoms with Gasteiger partial charge in [0, 0.05) is 5.69 Å². The Labute approximate surface area is 434 Å². The fourth-order valence-electron chi connectivity index (χ4n) is 4.73. The van der Waals surface area contributed by atoms with E-state index in [0.717, 1.165) is 24.3 Å². The van der Waals surface area contributed by atoms with Gasteiger partial charge in [-0.15, -0.1) is 10.2 Å². The van der Waals surface area contributed by atoms with Gasteiger partial charge in [0.25, 0.3) is 0 Å². The second kappa shape index (κ2) is 22.3. The van der Waals surface area contributed by atoms with Crippen LogP contribution in [-0.2, 0) is 54.8 Å². The molecule has 0 saturated heterocycles. The molecule has 0 unspecified atom stereocenters. The summed E-state index contributed by atoms with van der Waals surface area (Å²) in [7, 11) is -25.5. The number of nitrogens with one attached hydrogen (secondary N) is 2. The first kappa shape index (κ1) is 57.0. The number of para-hydroxylation sites is 1. The first-order valence-corrected chi connectivity index (χ1v) is 22.0. The van der Waals surface area contributed by atoms with Crippen molar-refractivity contribution >= 4 is 108 Å². The number of halogens is 1. The van der Waals surface area contributed by atoms with Gasteiger partial charge in [-0.3, -0.25) is 4.55 Å². The minimum atomic E-state index is -5.66. The van der Waals surface area contributed by atoms with Crippen LogP contribution >= 0.6 is 11.6 Å². The second-order valence-corrected chi connectivity index (χ2v) is 18.3. The Morgan fingerprint density at radius 2 is 1.20 bits per heavy atom. The van der Waals surface area contributed by atoms with Crippen molar-refractivity contribution in [3.63, 3.8) is 0 Å². The van der Waals surface area contributed by atoms with Crippen LogP contribution in [0.1, 0.15) is 0 Å². The normalized spacial score (nSPS) is 12.1. The number of anilines is 4. The molecule has 33 heteroatoms. The van der Waals surface area contributed by atoms with Gasteiger partial charge < -0.3 is 29.4 Å². The summed E-state index contributed by atoms with van der Waals surface area (Å²) in [4.78, 5) is 7.77. The quantitative estimate of drug-likeness (QED) is 0.0528. The van der Waals surface area contributed by atoms with Crippen LogP contribution in [0.2, 0.25) is 5.28 Å². The smallest absolute Gasteiger partial charge is 0.870 e. The molecule has 0 spiro atoms. The first-order valence-electron chi connectivity index (χ1n) is 14.4. The molecule has 0 atom stereocenters. The molecule has 1 aromatic heterocycles. The third-order valence-electron chi connectivity index (χ3n) is 6.96. The van der Waals surface area contributed by atoms with Crippen molar-refractivity contribution in [2.24, 2.45) is 10.2 Å². The van der Waals surface area contributed by atoms with E-state index >= 15 is 0 Å². The molecule has 4 aromatic carbocycles. The maximum absolute atomic E-state index is 13.9. The van der Waals surface area contributed by atoms with Crippen molar-refractivity contribution in [1.29, 1.82) is 0 Å². The molecule has 0 amide bonds. The molecule has 0 saturated carbocycles. The van der Waals surface area contributed by atoms with Crippen LogP contribution < -0.4 is 134 Å². The van der Waals surface area contributed by atoms with Crippen LogP contribution in [0.4, 0.5) is 34.6 Å². The van der Waals surface area contributed by atoms with Crippen molar-refractivity contribution in [3.05, 3.63) is 72.0 Å². The summed E-state index contributed by atoms with van der Waals surface area (Å²) >= 11 is 6.06. The number of rotatable bonds is 14. The van der Waals surface area contributed by atoms with Crippen molar-refractivity contribution in [2.75, 3.05) is 23.0 Å². The van der Waals surface area contributed by atoms with Gasteiger partial charge in [-0.1, -0.05) is 30.0 Å². The summed E-state index contributed by atoms with van der Waals surface area (Å²) in [5.74, 6) is -3.53. The van der Waals surface area contributed by atoms with Crippen LogP contribution in [0.3, 0.4) is 0 Å². The molecule has 5 aromatic rings. The molecule has 23 nitrogen and oxygen atoms in total. The largest absolute Gasteiger partial charge is 1.00 e. The van der Waals surface area contributed by atoms with E-state index in [1.165, 1.54) is 24.3 Å². The van der Waals surface area contributed by atoms with Gasteiger partial charge in [-0.05, 0) is 64.8 Å². The van der Waals surface area contributed by atoms with Crippen LogP contribution in [0.25, 0.3) is 10.8 Å². The number of hydrogen-bond donors (Lipinski definition) is 3. The summed E-state index contributed by atoms with van der Waals surface area (Å²) < 4.78 is 169. The van der Waals surface area contributed by atoms with Gasteiger partial charge in [0.15, 0.2) is 9.84 Å². The average molecular weight is 984 g/mol. The number of sulfone groups is 1. The zero-order valence-electron chi connectivity index (χ0n) is 31.0. The molecule has 1 heterocycles. The summed E-state index contributed by atoms with van der Waals surface area (Å²) in [6.07, 6.45) is 0. The fraction of sp³-hybridized carbons (Fsp3) is 0.0741. The number of aromatic nitrogens is 3. The van der Waals surface area contributed by atoms with Crippen LogP contribution in [0, 0.1) is 0 Å². The summed E-state index contributed by atoms with van der Waals surface area (Å²) in [5, 5.41) is 23.9. The molecule has 0 bridgehead atoms. The molecule has 0 radical (unpaired) electrons. The van der Waals surface area contributed by atoms with Gasteiger partial charge in [0.1, 0.15) is 36.0 Å². The fourth-order valence-corrected chi connectivity index (χ4v) is 8.34. The molecule has 0 aliphatic carbocycles. The van der Waals surface area contributed by atoms with E-state index in [9.17, 15) is 60.9 Å². The Morgan fingerprint density at radius 3 is 1.75 bits per heavy atom. The van der Waals surface area contributed by atoms with Crippen LogP contribution in [-0.4, -0.2) is 87.6 Å². The predicted octanol–water partition coefficient (Wildman–Crippen LogP) is -10.0. The zero-order valence-corrected chi connectivity index (χ0v) is 43.8. The van der Waals surface area contributed by atoms with Gasteiger partial charge >= 0.3 is 129 Å². The molecule has 0 fully saturated rings. The van der Waals surface area contributed by atoms with Crippen LogP contribution in [0.15, 0.2) is 96.5 Å². The Hall–Kier alpha value is -1.01. The third kappa shape index (κ3) is 14.8. The van der Waals surface area contributed by atoms with Gasteiger partial charge in [-0.25, -0.2) is 37.9 Å². The molecular formula is C27H18ClN7Na4O16S5. The molecular weight excluding hydrogens is 966 g/mol. The minimum absolute atomic E-state index is 0. The number of benzene rings is 4. The van der Waals surface area contributed by atoms with Gasteiger partial charge in [-0.2, -0.15) is 23.4 Å². The van der Waals surface area contributed by atoms with E-state index in [1.54, 1.807) is 0 Å². The number of azo groups is 1. The Bertz CT molecular complexity index is 3030. The second-order valence-electron chi connectivity index (χ2n) is 10.7. The number of fused-ring (bicyclic) bond motifs is 1. The Morgan fingerprint density at radius 1 is 0.667 bits per heavy atom. The van der Waals surface area contributed by atoms with Crippen molar-refractivity contribution in [3.8, 4) is 5.75 Å². The Kier molecular flexibility index (Phi) is 21.1. The van der Waals surface area contributed by atoms with Crippen molar-refractivity contribution < 1.29 is 188 Å². The summed E-state index contributed by atoms with van der Waals surface area (Å²) in [6.45, 7) is -0.963. The molecule has 0 aliphatic rings. The van der Waals surface area contributed by atoms with E-state index < -0.39 is 133 Å². The first-order chi connectivity index (χ1) is 25.8. The SMILES string of the molecule is O=S(=O)(O)OCCS(=O)(=O)c1ccccc1Nc1nc(Cl)nc(Nc2cc(S(=O)(=O)[O-])cc3cc(S(=O)(=O)[O-])c(N=Nc4ccccc4S(=O)(=O)[O-])c([O-])c23)n1.[Na+].[Na+].[Na+].[Na+]. The van der Waals surface area contributed by atoms with E-state index in [0.29, 0.717) is 18.2 Å². The monoisotopic (exact) mass is 983 g/mol. The maximum atomic E-state index is 13.9. The molecule has 298 valence electrons. The number of hydrogen-bond acceptors (Lipinski definition) is 22. The van der Waals surface area contributed by atoms with Crippen LogP contribution in [0.5, 0.6) is 5.75 Å². The minimum Gasteiger partial charge on any atom is -0.870 e. The summed E-state index contributed by atoms with van der Waals surface area (Å²) in [6, 6.07) is 10.8. The molecule has 3 N–H and O–H groups in total. The van der Waals surface area contributed by atoms with E-state index in [-0.39, 0.29) is 124 Å². The topological polar surface area (TPSA) is 380 Å². The van der Waals surface area contributed by atoms with Crippen molar-refractivity contribution in [2.45, 2.75) is 19.6 Å². The number of nitrogens with zero attached hydrogens (tertiary/aromatic N) is 5. The average Bonchev–Trinajstić information content (AvgIpc) is 3.05. The zero-order chi connectivity index (χ0) is 41.4. The summed E-state index contributed by atoms with van der Waals surface area (Å²) in [5.41, 5.74) is -2.76. The molecule has 60 heavy (non-hydrogen) atoms. The van der Waals surface area contributed by atoms with E-state index in [4.69, 9.17) is 16.2 Å². The van der Waals surface area contributed by atoms with Gasteiger partial charge in [0.05, 0.1) is 43.3 Å². The molecule has 0 aliphatic heterocycles. The van der Waals surface area contributed by atoms with E-state index in [1.807, 2.05) is 0 Å². The van der Waals surface area contributed by atoms with Gasteiger partial charge in [0.2, 0.25) is 17.2 Å². The molecule has 5 rings (SSSR count). The van der Waals surface area contributed by atoms with Crippen molar-refractivity contribution in [1.82, 2.24) is 15.0 Å². The maximum Gasteiger partial charge on any atom is 1.00 e. The Balaban J connectivity index is 0.00000450. The standard InChI is InChI=1S/C27H22ClN7O16S5.4Na/c28-25-31-26(29-16-5-1-3-7-19(16)52(37,38)10-9-51-56(48,49)50)33-27(32-25)30-18-13-15(53(39,40)41)11-14-12-21(55(45,46)47)23(24(36)22(14)18)35-34-17-6-2-4-8-20(17)54(42,43)44;;;;/h1-8,11-13,36H,9-10H2,(H,39,40,41)(H,42,43,44)(H,45,46,47)(H,48,49,50)(H2,29,30,31,32,33);;;;/q;4*+1/p-4.